The third-order valence-electron chi connectivity index (χ3n) is 4.35. The Hall–Kier alpha value is -1.16. The van der Waals surface area contributed by atoms with Crippen LogP contribution in [0.15, 0.2) is 12.3 Å². The van der Waals surface area contributed by atoms with Crippen LogP contribution in [0.4, 0.5) is 0 Å². The second-order valence-corrected chi connectivity index (χ2v) is 5.78. The van der Waals surface area contributed by atoms with Crippen molar-refractivity contribution in [1.82, 2.24) is 9.78 Å². The molecule has 1 aromatic rings. The Labute approximate surface area is 114 Å². The zero-order chi connectivity index (χ0) is 13.1. The van der Waals surface area contributed by atoms with E-state index >= 15 is 0 Å². The number of nitrogens with zero attached hydrogens (tertiary/aromatic N) is 2. The van der Waals surface area contributed by atoms with Crippen LogP contribution in [0.3, 0.4) is 0 Å². The van der Waals surface area contributed by atoms with Crippen LogP contribution < -0.4 is 0 Å². The van der Waals surface area contributed by atoms with Crippen LogP contribution in [0.1, 0.15) is 50.3 Å². The fourth-order valence-electron chi connectivity index (χ4n) is 3.13. The molecule has 4 heteroatoms. The third-order valence-corrected chi connectivity index (χ3v) is 4.35. The maximum absolute atomic E-state index is 12.1. The van der Waals surface area contributed by atoms with Gasteiger partial charge in [0.05, 0.1) is 24.8 Å². The molecule has 2 heterocycles. The number of aromatic nitrogens is 2. The van der Waals surface area contributed by atoms with Crippen LogP contribution in [-0.2, 0) is 16.0 Å². The predicted octanol–water partition coefficient (Wildman–Crippen LogP) is 2.54. The Bertz CT molecular complexity index is 429. The predicted molar refractivity (Wildman–Crippen MR) is 72.0 cm³/mol. The zero-order valence-corrected chi connectivity index (χ0v) is 11.4. The van der Waals surface area contributed by atoms with Gasteiger partial charge in [0.2, 0.25) is 0 Å². The number of Topliss-reactive ketones (excluding diaryl/α,β-unsaturated/α-hetero) is 1. The minimum Gasteiger partial charge on any atom is -0.381 e. The van der Waals surface area contributed by atoms with Crippen LogP contribution in [-0.4, -0.2) is 28.8 Å². The highest BCUT2D eigenvalue weighted by Crippen LogP contribution is 2.27. The molecule has 1 aromatic heterocycles. The summed E-state index contributed by atoms with van der Waals surface area (Å²) in [5, 5.41) is 4.60. The van der Waals surface area contributed by atoms with Crippen LogP contribution in [0.5, 0.6) is 0 Å². The lowest BCUT2D eigenvalue weighted by Gasteiger charge is -2.21. The molecule has 0 N–H and O–H groups in total. The highest BCUT2D eigenvalue weighted by molar-refractivity contribution is 5.83. The maximum atomic E-state index is 12.1. The second-order valence-electron chi connectivity index (χ2n) is 5.78. The second kappa shape index (κ2) is 5.87. The Morgan fingerprint density at radius 2 is 2.16 bits per heavy atom. The van der Waals surface area contributed by atoms with Gasteiger partial charge in [-0.1, -0.05) is 19.3 Å². The molecule has 1 aliphatic heterocycles. The average molecular weight is 262 g/mol. The number of ketones is 1. The Balaban J connectivity index is 1.59. The van der Waals surface area contributed by atoms with Gasteiger partial charge in [-0.2, -0.15) is 5.10 Å². The number of carbonyl (C=O) groups excluding carboxylic acids is 1. The van der Waals surface area contributed by atoms with Gasteiger partial charge in [0.15, 0.2) is 0 Å². The topological polar surface area (TPSA) is 44.1 Å². The lowest BCUT2D eigenvalue weighted by molar-refractivity contribution is -0.122. The molecule has 4 nitrogen and oxygen atoms in total. The van der Waals surface area contributed by atoms with Crippen molar-refractivity contribution < 1.29 is 9.53 Å². The van der Waals surface area contributed by atoms with Crippen LogP contribution in [0.25, 0.3) is 0 Å². The summed E-state index contributed by atoms with van der Waals surface area (Å²) in [5.41, 5.74) is 0.919. The molecule has 0 radical (unpaired) electrons. The highest BCUT2D eigenvalue weighted by Gasteiger charge is 2.24. The van der Waals surface area contributed by atoms with Gasteiger partial charge in [0, 0.05) is 18.7 Å². The molecule has 1 saturated heterocycles. The molecule has 1 atom stereocenters. The standard InChI is InChI=1S/C15H22N2O2/c18-15(12-7-9-19-11-12)10-13-6-8-17(16-13)14-4-2-1-3-5-14/h6,8,12,14H,1-5,7,9-11H2. The summed E-state index contributed by atoms with van der Waals surface area (Å²) in [6, 6.07) is 2.55. The van der Waals surface area contributed by atoms with Gasteiger partial charge in [-0.15, -0.1) is 0 Å². The first-order valence-electron chi connectivity index (χ1n) is 7.47. The number of ether oxygens (including phenoxy) is 1. The molecule has 1 unspecified atom stereocenters. The number of hydrogen-bond donors (Lipinski definition) is 0. The van der Waals surface area contributed by atoms with E-state index in [0.29, 0.717) is 19.1 Å². The van der Waals surface area contributed by atoms with E-state index in [2.05, 4.69) is 9.78 Å². The maximum Gasteiger partial charge on any atom is 0.144 e. The molecular weight excluding hydrogens is 240 g/mol. The molecule has 1 aliphatic carbocycles. The molecule has 0 spiro atoms. The minimum atomic E-state index is 0.0971. The Kier molecular flexibility index (Phi) is 3.97. The van der Waals surface area contributed by atoms with Gasteiger partial charge >= 0.3 is 0 Å². The van der Waals surface area contributed by atoms with Gasteiger partial charge in [-0.3, -0.25) is 9.48 Å². The van der Waals surface area contributed by atoms with Gasteiger partial charge in [0.25, 0.3) is 0 Å². The van der Waals surface area contributed by atoms with E-state index in [-0.39, 0.29) is 11.7 Å². The van der Waals surface area contributed by atoms with Gasteiger partial charge in [0.1, 0.15) is 5.78 Å². The fraction of sp³-hybridized carbons (Fsp3) is 0.733. The fourth-order valence-corrected chi connectivity index (χ4v) is 3.13. The van der Waals surface area contributed by atoms with E-state index in [1.807, 2.05) is 12.3 Å². The summed E-state index contributed by atoms with van der Waals surface area (Å²) < 4.78 is 7.35. The lowest BCUT2D eigenvalue weighted by atomic mass is 9.96. The summed E-state index contributed by atoms with van der Waals surface area (Å²) in [4.78, 5) is 12.1. The quantitative estimate of drug-likeness (QED) is 0.837. The van der Waals surface area contributed by atoms with Crippen molar-refractivity contribution in [2.75, 3.05) is 13.2 Å². The van der Waals surface area contributed by atoms with Crippen LogP contribution in [0.2, 0.25) is 0 Å². The summed E-state index contributed by atoms with van der Waals surface area (Å²) >= 11 is 0. The first kappa shape index (κ1) is 12.9. The first-order valence-corrected chi connectivity index (χ1v) is 7.47. The molecular formula is C15H22N2O2. The molecule has 0 amide bonds. The van der Waals surface area contributed by atoms with Crippen molar-refractivity contribution in [1.29, 1.82) is 0 Å². The Morgan fingerprint density at radius 1 is 1.32 bits per heavy atom. The van der Waals surface area contributed by atoms with E-state index in [1.165, 1.54) is 32.1 Å². The molecule has 0 bridgehead atoms. The van der Waals surface area contributed by atoms with Crippen molar-refractivity contribution in [2.45, 2.75) is 51.0 Å². The molecule has 0 aromatic carbocycles. The van der Waals surface area contributed by atoms with E-state index in [9.17, 15) is 4.79 Å². The van der Waals surface area contributed by atoms with E-state index in [0.717, 1.165) is 18.7 Å². The highest BCUT2D eigenvalue weighted by atomic mass is 16.5. The summed E-state index contributed by atoms with van der Waals surface area (Å²) in [7, 11) is 0. The van der Waals surface area contributed by atoms with E-state index < -0.39 is 0 Å². The number of carbonyl (C=O) groups is 1. The van der Waals surface area contributed by atoms with Crippen molar-refractivity contribution in [3.63, 3.8) is 0 Å². The number of hydrogen-bond acceptors (Lipinski definition) is 3. The van der Waals surface area contributed by atoms with Gasteiger partial charge < -0.3 is 4.74 Å². The zero-order valence-electron chi connectivity index (χ0n) is 11.4. The average Bonchev–Trinajstić information content (AvgIpc) is 3.11. The third kappa shape index (κ3) is 3.06. The van der Waals surface area contributed by atoms with Crippen LogP contribution >= 0.6 is 0 Å². The molecule has 3 rings (SSSR count). The molecule has 104 valence electrons. The van der Waals surface area contributed by atoms with Crippen LogP contribution in [0, 0.1) is 5.92 Å². The summed E-state index contributed by atoms with van der Waals surface area (Å²) in [6.45, 7) is 1.33. The monoisotopic (exact) mass is 262 g/mol. The lowest BCUT2D eigenvalue weighted by Crippen LogP contribution is -2.18. The summed E-state index contributed by atoms with van der Waals surface area (Å²) in [5.74, 6) is 0.381. The molecule has 19 heavy (non-hydrogen) atoms. The Morgan fingerprint density at radius 3 is 2.89 bits per heavy atom. The number of rotatable bonds is 4. The minimum absolute atomic E-state index is 0.0971. The van der Waals surface area contributed by atoms with E-state index in [4.69, 9.17) is 4.74 Å². The van der Waals surface area contributed by atoms with Crippen molar-refractivity contribution in [3.8, 4) is 0 Å². The molecule has 2 aliphatic rings. The first-order chi connectivity index (χ1) is 9.33. The normalized spacial score (nSPS) is 24.7. The SMILES string of the molecule is O=C(Cc1ccn(C2CCCCC2)n1)C1CCOC1. The van der Waals surface area contributed by atoms with Gasteiger partial charge in [-0.05, 0) is 25.3 Å². The molecule has 1 saturated carbocycles. The largest absolute Gasteiger partial charge is 0.381 e. The van der Waals surface area contributed by atoms with Crippen molar-refractivity contribution >= 4 is 5.78 Å². The van der Waals surface area contributed by atoms with Crippen molar-refractivity contribution in [3.05, 3.63) is 18.0 Å². The van der Waals surface area contributed by atoms with Gasteiger partial charge in [-0.25, -0.2) is 0 Å². The molecule has 2 fully saturated rings. The smallest absolute Gasteiger partial charge is 0.144 e. The van der Waals surface area contributed by atoms with Crippen molar-refractivity contribution in [2.24, 2.45) is 5.92 Å². The summed E-state index contributed by atoms with van der Waals surface area (Å²) in [6.07, 6.45) is 9.80. The van der Waals surface area contributed by atoms with E-state index in [1.54, 1.807) is 0 Å².